The first-order valence-corrected chi connectivity index (χ1v) is 13.9. The molecular formula is C35H36N3+. The van der Waals surface area contributed by atoms with E-state index in [0.29, 0.717) is 5.92 Å². The standard InChI is InChI=1S/C35H36N3/c1-19(2)23-10-14-29-27(16-23)25-12-13-28-31-33(25)38(29)32-21(4)24-11-9-22(17-35(5,6)7)15-26(24)20(3)30(32)34(31)37(8)18-36-28/h9-16,18-19H,17H2,1-8H3/q+1. The monoisotopic (exact) mass is 498 g/mol. The number of nitrogens with zero attached hydrogens (tertiary/aromatic N) is 3. The highest BCUT2D eigenvalue weighted by atomic mass is 15.0. The molecule has 0 aliphatic carbocycles. The number of pyridine rings is 1. The molecule has 3 heteroatoms. The largest absolute Gasteiger partial charge is 0.307 e. The summed E-state index contributed by atoms with van der Waals surface area (Å²) in [4.78, 5) is 4.87. The van der Waals surface area contributed by atoms with Gasteiger partial charge in [-0.25, -0.2) is 4.57 Å². The van der Waals surface area contributed by atoms with Crippen molar-refractivity contribution >= 4 is 59.9 Å². The molecule has 3 heterocycles. The summed E-state index contributed by atoms with van der Waals surface area (Å²) in [5.41, 5.74) is 11.9. The normalized spacial score (nSPS) is 13.1. The highest BCUT2D eigenvalue weighted by Crippen LogP contribution is 2.44. The molecule has 0 radical (unpaired) electrons. The maximum absolute atomic E-state index is 4.87. The van der Waals surface area contributed by atoms with E-state index in [1.165, 1.54) is 76.6 Å². The number of benzene rings is 4. The summed E-state index contributed by atoms with van der Waals surface area (Å²) in [6.07, 6.45) is 3.05. The van der Waals surface area contributed by atoms with Gasteiger partial charge < -0.3 is 4.40 Å². The number of aryl methyl sites for hydroxylation is 3. The van der Waals surface area contributed by atoms with E-state index >= 15 is 0 Å². The molecule has 7 aromatic rings. The van der Waals surface area contributed by atoms with Gasteiger partial charge in [0.25, 0.3) is 6.33 Å². The minimum absolute atomic E-state index is 0.248. The lowest BCUT2D eigenvalue weighted by Gasteiger charge is -2.20. The highest BCUT2D eigenvalue weighted by molar-refractivity contribution is 6.28. The Labute approximate surface area is 224 Å². The summed E-state index contributed by atoms with van der Waals surface area (Å²) in [5, 5.41) is 7.95. The second kappa shape index (κ2) is 7.66. The Morgan fingerprint density at radius 1 is 0.816 bits per heavy atom. The summed E-state index contributed by atoms with van der Waals surface area (Å²) in [6.45, 7) is 16.1. The van der Waals surface area contributed by atoms with Crippen LogP contribution in [0.2, 0.25) is 0 Å². The van der Waals surface area contributed by atoms with Crippen molar-refractivity contribution in [2.45, 2.75) is 60.8 Å². The van der Waals surface area contributed by atoms with Gasteiger partial charge in [0.05, 0.1) is 34.4 Å². The zero-order chi connectivity index (χ0) is 26.7. The third kappa shape index (κ3) is 3.08. The Hall–Kier alpha value is -3.72. The molecule has 0 unspecified atom stereocenters. The summed E-state index contributed by atoms with van der Waals surface area (Å²) in [5.74, 6) is 0.487. The fourth-order valence-electron chi connectivity index (χ4n) is 6.88. The Bertz CT molecular complexity index is 2080. The number of hydrogen-bond donors (Lipinski definition) is 0. The van der Waals surface area contributed by atoms with Gasteiger partial charge >= 0.3 is 0 Å². The lowest BCUT2D eigenvalue weighted by molar-refractivity contribution is -0.646. The van der Waals surface area contributed by atoms with E-state index in [1.807, 2.05) is 6.33 Å². The summed E-state index contributed by atoms with van der Waals surface area (Å²) in [7, 11) is 2.15. The van der Waals surface area contributed by atoms with Gasteiger partial charge in [0.1, 0.15) is 5.52 Å². The summed E-state index contributed by atoms with van der Waals surface area (Å²) < 4.78 is 4.78. The first kappa shape index (κ1) is 23.4. The molecule has 0 bridgehead atoms. The average molecular weight is 499 g/mol. The minimum Gasteiger partial charge on any atom is -0.307 e. The fourth-order valence-corrected chi connectivity index (χ4v) is 6.88. The molecule has 0 saturated carbocycles. The van der Waals surface area contributed by atoms with Crippen LogP contribution in [-0.2, 0) is 13.5 Å². The predicted molar refractivity (Wildman–Crippen MR) is 162 cm³/mol. The van der Waals surface area contributed by atoms with Crippen LogP contribution in [0.5, 0.6) is 0 Å². The molecular weight excluding hydrogens is 462 g/mol. The third-order valence-electron chi connectivity index (χ3n) is 8.61. The first-order valence-electron chi connectivity index (χ1n) is 13.9. The van der Waals surface area contributed by atoms with Crippen LogP contribution in [0.4, 0.5) is 0 Å². The molecule has 7 rings (SSSR count). The van der Waals surface area contributed by atoms with Gasteiger partial charge in [0.2, 0.25) is 0 Å². The van der Waals surface area contributed by atoms with Crippen molar-refractivity contribution in [2.24, 2.45) is 12.5 Å². The Morgan fingerprint density at radius 2 is 1.58 bits per heavy atom. The van der Waals surface area contributed by atoms with Crippen LogP contribution in [0.3, 0.4) is 0 Å². The van der Waals surface area contributed by atoms with Crippen LogP contribution in [-0.4, -0.2) is 9.38 Å². The van der Waals surface area contributed by atoms with E-state index in [4.69, 9.17) is 4.98 Å². The molecule has 38 heavy (non-hydrogen) atoms. The summed E-state index contributed by atoms with van der Waals surface area (Å²) >= 11 is 0. The molecule has 0 atom stereocenters. The molecule has 3 nitrogen and oxygen atoms in total. The third-order valence-corrected chi connectivity index (χ3v) is 8.61. The molecule has 0 amide bonds. The van der Waals surface area contributed by atoms with Crippen molar-refractivity contribution in [1.29, 1.82) is 0 Å². The zero-order valence-electron chi connectivity index (χ0n) is 23.8. The second-order valence-electron chi connectivity index (χ2n) is 12.9. The van der Waals surface area contributed by atoms with E-state index < -0.39 is 0 Å². The highest BCUT2D eigenvalue weighted by Gasteiger charge is 2.26. The number of fused-ring (bicyclic) bond motifs is 7. The molecule has 3 aromatic heterocycles. The van der Waals surface area contributed by atoms with Gasteiger partial charge in [0.15, 0.2) is 5.52 Å². The molecule has 0 aliphatic rings. The maximum Gasteiger partial charge on any atom is 0.287 e. The Kier molecular flexibility index (Phi) is 4.72. The predicted octanol–water partition coefficient (Wildman–Crippen LogP) is 8.69. The van der Waals surface area contributed by atoms with E-state index in [1.54, 1.807) is 0 Å². The van der Waals surface area contributed by atoms with E-state index in [9.17, 15) is 0 Å². The van der Waals surface area contributed by atoms with Crippen molar-refractivity contribution in [3.63, 3.8) is 0 Å². The Morgan fingerprint density at radius 3 is 2.32 bits per heavy atom. The van der Waals surface area contributed by atoms with Crippen LogP contribution in [0.1, 0.15) is 62.8 Å². The minimum atomic E-state index is 0.248. The van der Waals surface area contributed by atoms with Crippen molar-refractivity contribution < 1.29 is 4.57 Å². The molecule has 0 fully saturated rings. The fraction of sp³-hybridized carbons (Fsp3) is 0.314. The van der Waals surface area contributed by atoms with Crippen LogP contribution in [0, 0.1) is 19.3 Å². The molecule has 0 N–H and O–H groups in total. The van der Waals surface area contributed by atoms with Crippen LogP contribution in [0.25, 0.3) is 59.9 Å². The van der Waals surface area contributed by atoms with Crippen molar-refractivity contribution in [1.82, 2.24) is 9.38 Å². The maximum atomic E-state index is 4.87. The van der Waals surface area contributed by atoms with Crippen molar-refractivity contribution in [3.05, 3.63) is 77.1 Å². The zero-order valence-corrected chi connectivity index (χ0v) is 23.8. The summed E-state index contributed by atoms with van der Waals surface area (Å²) in [6, 6.07) is 18.7. The Balaban J connectivity index is 1.77. The number of hydrogen-bond acceptors (Lipinski definition) is 1. The van der Waals surface area contributed by atoms with Crippen molar-refractivity contribution in [3.8, 4) is 0 Å². The van der Waals surface area contributed by atoms with Gasteiger partial charge in [-0.05, 0) is 93.9 Å². The molecule has 0 aliphatic heterocycles. The SMILES string of the molecule is Cc1c2cc(CC(C)(C)C)ccc2c(C)c2c1c1c3c(ccc4c5cc(C(C)C)ccc5n2c43)nc[n+]1C. The van der Waals surface area contributed by atoms with Crippen LogP contribution < -0.4 is 4.57 Å². The van der Waals surface area contributed by atoms with Gasteiger partial charge in [-0.3, -0.25) is 0 Å². The smallest absolute Gasteiger partial charge is 0.287 e. The van der Waals surface area contributed by atoms with Crippen LogP contribution >= 0.6 is 0 Å². The topological polar surface area (TPSA) is 21.2 Å². The van der Waals surface area contributed by atoms with Gasteiger partial charge in [0, 0.05) is 10.8 Å². The van der Waals surface area contributed by atoms with Gasteiger partial charge in [-0.1, -0.05) is 58.9 Å². The first-order chi connectivity index (χ1) is 18.0. The quantitative estimate of drug-likeness (QED) is 0.133. The van der Waals surface area contributed by atoms with Crippen molar-refractivity contribution in [2.75, 3.05) is 0 Å². The van der Waals surface area contributed by atoms with Crippen LogP contribution in [0.15, 0.2) is 54.9 Å². The lowest BCUT2D eigenvalue weighted by Crippen LogP contribution is -2.30. The molecule has 0 spiro atoms. The van der Waals surface area contributed by atoms with E-state index in [2.05, 4.69) is 113 Å². The van der Waals surface area contributed by atoms with Gasteiger partial charge in [-0.15, -0.1) is 0 Å². The van der Waals surface area contributed by atoms with Gasteiger partial charge in [-0.2, -0.15) is 0 Å². The molecule has 0 saturated heterocycles. The second-order valence-corrected chi connectivity index (χ2v) is 12.9. The lowest BCUT2D eigenvalue weighted by atomic mass is 9.86. The van der Waals surface area contributed by atoms with E-state index in [-0.39, 0.29) is 5.41 Å². The van der Waals surface area contributed by atoms with E-state index in [0.717, 1.165) is 11.9 Å². The number of aromatic nitrogens is 3. The molecule has 190 valence electrons. The molecule has 4 aromatic carbocycles. The number of rotatable bonds is 2. The average Bonchev–Trinajstić information content (AvgIpc) is 3.20.